The van der Waals surface area contributed by atoms with E-state index in [0.29, 0.717) is 17.3 Å². The molecule has 0 saturated carbocycles. The van der Waals surface area contributed by atoms with Crippen molar-refractivity contribution in [1.82, 2.24) is 0 Å². The number of carbonyl (C=O) groups is 1. The average molecular weight is 243 g/mol. The van der Waals surface area contributed by atoms with Crippen LogP contribution in [0.5, 0.6) is 5.75 Å². The van der Waals surface area contributed by atoms with E-state index in [-0.39, 0.29) is 11.5 Å². The summed E-state index contributed by atoms with van der Waals surface area (Å²) < 4.78 is 0. The molecule has 13 heavy (non-hydrogen) atoms. The van der Waals surface area contributed by atoms with E-state index in [2.05, 4.69) is 15.9 Å². The van der Waals surface area contributed by atoms with Crippen LogP contribution >= 0.6 is 15.9 Å². The maximum Gasteiger partial charge on any atom is 0.167 e. The number of ketones is 1. The molecule has 1 rings (SSSR count). The SMILES string of the molecule is Cc1cccc(C(=O)CCBr)c1O. The van der Waals surface area contributed by atoms with Gasteiger partial charge in [0, 0.05) is 11.8 Å². The van der Waals surface area contributed by atoms with Crippen molar-refractivity contribution in [2.75, 3.05) is 5.33 Å². The summed E-state index contributed by atoms with van der Waals surface area (Å²) in [5, 5.41) is 10.2. The van der Waals surface area contributed by atoms with Crippen LogP contribution in [0.2, 0.25) is 0 Å². The molecule has 0 radical (unpaired) electrons. The number of halogens is 1. The van der Waals surface area contributed by atoms with Crippen molar-refractivity contribution in [2.24, 2.45) is 0 Å². The van der Waals surface area contributed by atoms with E-state index in [9.17, 15) is 9.90 Å². The first kappa shape index (κ1) is 10.3. The van der Waals surface area contributed by atoms with Crippen LogP contribution < -0.4 is 0 Å². The normalized spacial score (nSPS) is 10.0. The van der Waals surface area contributed by atoms with Gasteiger partial charge in [0.25, 0.3) is 0 Å². The zero-order valence-corrected chi connectivity index (χ0v) is 8.97. The van der Waals surface area contributed by atoms with E-state index < -0.39 is 0 Å². The second-order valence-electron chi connectivity index (χ2n) is 2.83. The van der Waals surface area contributed by atoms with E-state index in [4.69, 9.17) is 0 Å². The number of hydrogen-bond donors (Lipinski definition) is 1. The molecule has 0 unspecified atom stereocenters. The minimum absolute atomic E-state index is 0.0296. The second kappa shape index (κ2) is 4.42. The summed E-state index contributed by atoms with van der Waals surface area (Å²) in [7, 11) is 0. The summed E-state index contributed by atoms with van der Waals surface area (Å²) in [6.07, 6.45) is 0.414. The zero-order chi connectivity index (χ0) is 9.84. The van der Waals surface area contributed by atoms with Crippen LogP contribution in [0.4, 0.5) is 0 Å². The van der Waals surface area contributed by atoms with Crippen molar-refractivity contribution < 1.29 is 9.90 Å². The van der Waals surface area contributed by atoms with Gasteiger partial charge in [-0.05, 0) is 18.6 Å². The molecular formula is C10H11BrO2. The monoisotopic (exact) mass is 242 g/mol. The van der Waals surface area contributed by atoms with Gasteiger partial charge in [-0.1, -0.05) is 28.1 Å². The van der Waals surface area contributed by atoms with E-state index in [1.165, 1.54) is 0 Å². The molecule has 0 spiro atoms. The van der Waals surface area contributed by atoms with E-state index in [1.807, 2.05) is 0 Å². The lowest BCUT2D eigenvalue weighted by Crippen LogP contribution is -2.00. The first-order valence-corrected chi connectivity index (χ1v) is 5.16. The maximum absolute atomic E-state index is 11.4. The summed E-state index contributed by atoms with van der Waals surface area (Å²) in [6.45, 7) is 1.78. The van der Waals surface area contributed by atoms with Crippen LogP contribution in [0.25, 0.3) is 0 Å². The summed E-state index contributed by atoms with van der Waals surface area (Å²) in [5.74, 6) is 0.0755. The molecule has 2 nitrogen and oxygen atoms in total. The van der Waals surface area contributed by atoms with Gasteiger partial charge in [0.1, 0.15) is 5.75 Å². The van der Waals surface area contributed by atoms with Gasteiger partial charge in [-0.25, -0.2) is 0 Å². The van der Waals surface area contributed by atoms with Crippen molar-refractivity contribution in [3.05, 3.63) is 29.3 Å². The Kier molecular flexibility index (Phi) is 3.48. The highest BCUT2D eigenvalue weighted by Gasteiger charge is 2.10. The largest absolute Gasteiger partial charge is 0.507 e. The topological polar surface area (TPSA) is 37.3 Å². The standard InChI is InChI=1S/C10H11BrO2/c1-7-3-2-4-8(10(7)13)9(12)5-6-11/h2-4,13H,5-6H2,1H3. The Labute approximate surface area is 85.7 Å². The van der Waals surface area contributed by atoms with E-state index >= 15 is 0 Å². The molecule has 0 aliphatic rings. The number of phenolic OH excluding ortho intramolecular Hbond substituents is 1. The third-order valence-corrected chi connectivity index (χ3v) is 2.26. The molecule has 1 aromatic carbocycles. The molecule has 0 aromatic heterocycles. The van der Waals surface area contributed by atoms with Crippen LogP contribution in [0.15, 0.2) is 18.2 Å². The van der Waals surface area contributed by atoms with Crippen LogP contribution in [-0.4, -0.2) is 16.2 Å². The number of phenols is 1. The summed E-state index contributed by atoms with van der Waals surface area (Å²) >= 11 is 3.19. The van der Waals surface area contributed by atoms with Crippen molar-refractivity contribution in [3.63, 3.8) is 0 Å². The summed E-state index contributed by atoms with van der Waals surface area (Å²) in [4.78, 5) is 11.4. The Bertz CT molecular complexity index is 321. The molecule has 1 N–H and O–H groups in total. The smallest absolute Gasteiger partial charge is 0.167 e. The number of rotatable bonds is 3. The lowest BCUT2D eigenvalue weighted by Gasteiger charge is -2.04. The Morgan fingerprint density at radius 1 is 1.54 bits per heavy atom. The van der Waals surface area contributed by atoms with Gasteiger partial charge in [0.05, 0.1) is 5.56 Å². The number of aryl methyl sites for hydroxylation is 1. The average Bonchev–Trinajstić information content (AvgIpc) is 2.10. The Hall–Kier alpha value is -0.830. The van der Waals surface area contributed by atoms with E-state index in [0.717, 1.165) is 5.56 Å². The highest BCUT2D eigenvalue weighted by molar-refractivity contribution is 9.09. The van der Waals surface area contributed by atoms with Gasteiger partial charge in [-0.2, -0.15) is 0 Å². The van der Waals surface area contributed by atoms with Crippen LogP contribution in [-0.2, 0) is 0 Å². The number of carbonyl (C=O) groups excluding carboxylic acids is 1. The van der Waals surface area contributed by atoms with Crippen molar-refractivity contribution >= 4 is 21.7 Å². The van der Waals surface area contributed by atoms with Gasteiger partial charge < -0.3 is 5.11 Å². The number of aromatic hydroxyl groups is 1. The fraction of sp³-hybridized carbons (Fsp3) is 0.300. The zero-order valence-electron chi connectivity index (χ0n) is 7.38. The molecular weight excluding hydrogens is 232 g/mol. The fourth-order valence-electron chi connectivity index (χ4n) is 1.10. The quantitative estimate of drug-likeness (QED) is 0.654. The summed E-state index contributed by atoms with van der Waals surface area (Å²) in [6, 6.07) is 5.20. The predicted molar refractivity (Wildman–Crippen MR) is 55.6 cm³/mol. The van der Waals surface area contributed by atoms with Crippen LogP contribution in [0, 0.1) is 6.92 Å². The molecule has 0 aliphatic carbocycles. The van der Waals surface area contributed by atoms with Gasteiger partial charge in [-0.15, -0.1) is 0 Å². The van der Waals surface area contributed by atoms with Crippen molar-refractivity contribution in [3.8, 4) is 5.75 Å². The lowest BCUT2D eigenvalue weighted by molar-refractivity contribution is 0.0987. The molecule has 0 saturated heterocycles. The van der Waals surface area contributed by atoms with Crippen molar-refractivity contribution in [1.29, 1.82) is 0 Å². The molecule has 0 bridgehead atoms. The predicted octanol–water partition coefficient (Wildman–Crippen LogP) is 2.67. The molecule has 0 aliphatic heterocycles. The van der Waals surface area contributed by atoms with Gasteiger partial charge >= 0.3 is 0 Å². The first-order valence-electron chi connectivity index (χ1n) is 4.04. The molecule has 0 amide bonds. The number of benzene rings is 1. The van der Waals surface area contributed by atoms with Gasteiger partial charge in [0.15, 0.2) is 5.78 Å². The Morgan fingerprint density at radius 3 is 2.85 bits per heavy atom. The number of hydrogen-bond acceptors (Lipinski definition) is 2. The Morgan fingerprint density at radius 2 is 2.23 bits per heavy atom. The molecule has 70 valence electrons. The first-order chi connectivity index (χ1) is 6.16. The fourth-order valence-corrected chi connectivity index (χ4v) is 1.46. The van der Waals surface area contributed by atoms with Gasteiger partial charge in [0.2, 0.25) is 0 Å². The highest BCUT2D eigenvalue weighted by Crippen LogP contribution is 2.22. The highest BCUT2D eigenvalue weighted by atomic mass is 79.9. The maximum atomic E-state index is 11.4. The molecule has 0 atom stereocenters. The number of para-hydroxylation sites is 1. The van der Waals surface area contributed by atoms with Gasteiger partial charge in [-0.3, -0.25) is 4.79 Å². The number of Topliss-reactive ketones (excluding diaryl/α,β-unsaturated/α-hetero) is 1. The lowest BCUT2D eigenvalue weighted by atomic mass is 10.0. The summed E-state index contributed by atoms with van der Waals surface area (Å²) in [5.41, 5.74) is 1.15. The molecule has 1 aromatic rings. The minimum Gasteiger partial charge on any atom is -0.507 e. The molecule has 3 heteroatoms. The molecule has 0 heterocycles. The van der Waals surface area contributed by atoms with Crippen LogP contribution in [0.1, 0.15) is 22.3 Å². The van der Waals surface area contributed by atoms with Crippen molar-refractivity contribution in [2.45, 2.75) is 13.3 Å². The second-order valence-corrected chi connectivity index (χ2v) is 3.63. The van der Waals surface area contributed by atoms with E-state index in [1.54, 1.807) is 25.1 Å². The Balaban J connectivity index is 3.01. The third-order valence-electron chi connectivity index (χ3n) is 1.86. The molecule has 0 fully saturated rings. The number of alkyl halides is 1. The third kappa shape index (κ3) is 2.31. The minimum atomic E-state index is -0.0296. The van der Waals surface area contributed by atoms with Crippen LogP contribution in [0.3, 0.4) is 0 Å².